The Hall–Kier alpha value is -2.67. The van der Waals surface area contributed by atoms with Crippen LogP contribution in [0.1, 0.15) is 57.7 Å². The van der Waals surface area contributed by atoms with Gasteiger partial charge in [0.2, 0.25) is 4.96 Å². The molecule has 1 unspecified atom stereocenters. The van der Waals surface area contributed by atoms with Crippen LogP contribution in [-0.2, 0) is 10.5 Å². The molecule has 31 heavy (non-hydrogen) atoms. The van der Waals surface area contributed by atoms with Crippen molar-refractivity contribution in [1.82, 2.24) is 35.1 Å². The van der Waals surface area contributed by atoms with Gasteiger partial charge in [-0.3, -0.25) is 9.78 Å². The lowest BCUT2D eigenvalue weighted by Crippen LogP contribution is -2.37. The number of nitrogens with one attached hydrogen (secondary N) is 3. The SMILES string of the molecule is Cc1[nH]c(=O)[nH]c(=O)c1CSc1nn2c(C(NC(=O)OC(C)(C)C)C(C)C)nnc2s1. The Morgan fingerprint density at radius 3 is 2.58 bits per heavy atom. The molecule has 3 heterocycles. The van der Waals surface area contributed by atoms with Gasteiger partial charge in [-0.2, -0.15) is 4.52 Å². The Bertz CT molecular complexity index is 1200. The molecule has 3 rings (SSSR count). The van der Waals surface area contributed by atoms with Crippen LogP contribution in [0.5, 0.6) is 0 Å². The fourth-order valence-electron chi connectivity index (χ4n) is 2.76. The lowest BCUT2D eigenvalue weighted by atomic mass is 10.0. The van der Waals surface area contributed by atoms with Crippen LogP contribution in [-0.4, -0.2) is 41.5 Å². The fraction of sp³-hybridized carbons (Fsp3) is 0.556. The summed E-state index contributed by atoms with van der Waals surface area (Å²) in [4.78, 5) is 41.1. The van der Waals surface area contributed by atoms with Crippen molar-refractivity contribution in [3.63, 3.8) is 0 Å². The van der Waals surface area contributed by atoms with E-state index < -0.39 is 29.0 Å². The number of fused-ring (bicyclic) bond motifs is 1. The van der Waals surface area contributed by atoms with Gasteiger partial charge in [0.1, 0.15) is 5.60 Å². The highest BCUT2D eigenvalue weighted by atomic mass is 32.2. The third-order valence-electron chi connectivity index (χ3n) is 4.21. The molecule has 1 atom stereocenters. The minimum absolute atomic E-state index is 0.0140. The number of H-pyrrole nitrogens is 2. The zero-order chi connectivity index (χ0) is 22.9. The van der Waals surface area contributed by atoms with Crippen LogP contribution >= 0.6 is 23.1 Å². The van der Waals surface area contributed by atoms with Gasteiger partial charge in [-0.1, -0.05) is 36.9 Å². The minimum Gasteiger partial charge on any atom is -0.444 e. The summed E-state index contributed by atoms with van der Waals surface area (Å²) in [6.45, 7) is 11.0. The summed E-state index contributed by atoms with van der Waals surface area (Å²) in [5, 5.41) is 15.8. The maximum atomic E-state index is 12.3. The molecule has 11 nitrogen and oxygen atoms in total. The van der Waals surface area contributed by atoms with Crippen molar-refractivity contribution >= 4 is 34.2 Å². The third kappa shape index (κ3) is 5.53. The molecule has 0 aliphatic heterocycles. The highest BCUT2D eigenvalue weighted by Crippen LogP contribution is 2.29. The first-order chi connectivity index (χ1) is 14.4. The molecule has 1 amide bonds. The molecule has 0 saturated heterocycles. The standard InChI is InChI=1S/C18H25N7O4S2/c1-8(2)11(20-16(28)29-18(4,5)6)12-22-23-15-25(12)24-17(31-15)30-7-10-9(3)19-14(27)21-13(10)26/h8,11H,7H2,1-6H3,(H,20,28)(H2,19,21,26,27). The summed E-state index contributed by atoms with van der Waals surface area (Å²) in [5.74, 6) is 0.846. The van der Waals surface area contributed by atoms with E-state index in [-0.39, 0.29) is 5.92 Å². The zero-order valence-corrected chi connectivity index (χ0v) is 19.7. The van der Waals surface area contributed by atoms with E-state index in [9.17, 15) is 14.4 Å². The number of hydrogen-bond acceptors (Lipinski definition) is 9. The first-order valence-electron chi connectivity index (χ1n) is 9.61. The number of rotatable bonds is 6. The summed E-state index contributed by atoms with van der Waals surface area (Å²) >= 11 is 2.68. The largest absolute Gasteiger partial charge is 0.444 e. The normalized spacial score (nSPS) is 13.0. The number of aryl methyl sites for hydroxylation is 1. The van der Waals surface area contributed by atoms with E-state index in [2.05, 4.69) is 30.6 Å². The van der Waals surface area contributed by atoms with E-state index in [1.54, 1.807) is 32.2 Å². The van der Waals surface area contributed by atoms with E-state index in [1.807, 2.05) is 13.8 Å². The number of aromatic nitrogens is 6. The van der Waals surface area contributed by atoms with Crippen LogP contribution in [0, 0.1) is 12.8 Å². The van der Waals surface area contributed by atoms with Crippen LogP contribution in [0.2, 0.25) is 0 Å². The van der Waals surface area contributed by atoms with Crippen LogP contribution in [0.25, 0.3) is 4.96 Å². The Labute approximate surface area is 186 Å². The van der Waals surface area contributed by atoms with E-state index in [4.69, 9.17) is 4.74 Å². The van der Waals surface area contributed by atoms with Crippen molar-refractivity contribution in [2.75, 3.05) is 0 Å². The average molecular weight is 468 g/mol. The van der Waals surface area contributed by atoms with Gasteiger partial charge in [-0.05, 0) is 33.6 Å². The van der Waals surface area contributed by atoms with E-state index in [1.165, 1.54) is 23.1 Å². The average Bonchev–Trinajstić information content (AvgIpc) is 3.17. The molecule has 0 fully saturated rings. The van der Waals surface area contributed by atoms with Gasteiger partial charge in [0.05, 0.1) is 6.04 Å². The maximum Gasteiger partial charge on any atom is 0.408 e. The van der Waals surface area contributed by atoms with Crippen LogP contribution in [0.4, 0.5) is 4.79 Å². The topological polar surface area (TPSA) is 147 Å². The second-order valence-corrected chi connectivity index (χ2v) is 10.5. The molecule has 0 radical (unpaired) electrons. The molecular formula is C18H25N7O4S2. The number of nitrogens with zero attached hydrogens (tertiary/aromatic N) is 4. The predicted molar refractivity (Wildman–Crippen MR) is 118 cm³/mol. The summed E-state index contributed by atoms with van der Waals surface area (Å²) in [6.07, 6.45) is -0.541. The Morgan fingerprint density at radius 2 is 1.97 bits per heavy atom. The Kier molecular flexibility index (Phi) is 6.55. The number of ether oxygens (including phenoxy) is 1. The molecule has 0 aromatic carbocycles. The van der Waals surface area contributed by atoms with E-state index in [0.29, 0.717) is 32.1 Å². The number of aromatic amines is 2. The molecule has 3 aromatic heterocycles. The lowest BCUT2D eigenvalue weighted by molar-refractivity contribution is 0.0486. The maximum absolute atomic E-state index is 12.3. The molecule has 13 heteroatoms. The summed E-state index contributed by atoms with van der Waals surface area (Å²) < 4.78 is 7.64. The number of carbonyl (C=O) groups is 1. The Balaban J connectivity index is 1.81. The molecule has 0 aliphatic carbocycles. The van der Waals surface area contributed by atoms with Crippen molar-refractivity contribution in [3.8, 4) is 0 Å². The van der Waals surface area contributed by atoms with Gasteiger partial charge in [0.25, 0.3) is 5.56 Å². The molecule has 0 bridgehead atoms. The summed E-state index contributed by atoms with van der Waals surface area (Å²) in [7, 11) is 0. The number of hydrogen-bond donors (Lipinski definition) is 3. The predicted octanol–water partition coefficient (Wildman–Crippen LogP) is 2.38. The van der Waals surface area contributed by atoms with E-state index in [0.717, 1.165) is 0 Å². The first-order valence-corrected chi connectivity index (χ1v) is 11.4. The second-order valence-electron chi connectivity index (χ2n) is 8.29. The molecule has 0 saturated carbocycles. The van der Waals surface area contributed by atoms with Crippen molar-refractivity contribution in [3.05, 3.63) is 37.9 Å². The van der Waals surface area contributed by atoms with Crippen molar-refractivity contribution in [1.29, 1.82) is 0 Å². The van der Waals surface area contributed by atoms with Gasteiger partial charge in [0, 0.05) is 17.0 Å². The number of amides is 1. The van der Waals surface area contributed by atoms with Crippen molar-refractivity contribution in [2.24, 2.45) is 5.92 Å². The smallest absolute Gasteiger partial charge is 0.408 e. The number of carbonyl (C=O) groups excluding carboxylic acids is 1. The van der Waals surface area contributed by atoms with Crippen LogP contribution < -0.4 is 16.6 Å². The second kappa shape index (κ2) is 8.83. The van der Waals surface area contributed by atoms with Gasteiger partial charge >= 0.3 is 11.8 Å². The molecule has 3 N–H and O–H groups in total. The summed E-state index contributed by atoms with van der Waals surface area (Å²) in [5.41, 5.74) is -0.571. The lowest BCUT2D eigenvalue weighted by Gasteiger charge is -2.24. The molecule has 3 aromatic rings. The van der Waals surface area contributed by atoms with Gasteiger partial charge in [-0.25, -0.2) is 9.59 Å². The molecule has 0 aliphatic rings. The highest BCUT2D eigenvalue weighted by Gasteiger charge is 2.28. The van der Waals surface area contributed by atoms with E-state index >= 15 is 0 Å². The van der Waals surface area contributed by atoms with Crippen molar-refractivity contribution < 1.29 is 9.53 Å². The van der Waals surface area contributed by atoms with Gasteiger partial charge < -0.3 is 15.0 Å². The quantitative estimate of drug-likeness (QED) is 0.468. The molecular weight excluding hydrogens is 442 g/mol. The fourth-order valence-corrected chi connectivity index (χ4v) is 4.74. The minimum atomic E-state index is -0.617. The first kappa shape index (κ1) is 23.0. The van der Waals surface area contributed by atoms with Crippen molar-refractivity contribution in [2.45, 2.75) is 63.3 Å². The third-order valence-corrected chi connectivity index (χ3v) is 6.27. The number of alkyl carbamates (subject to hydrolysis) is 1. The monoisotopic (exact) mass is 467 g/mol. The van der Waals surface area contributed by atoms with Gasteiger partial charge in [-0.15, -0.1) is 15.3 Å². The molecule has 168 valence electrons. The van der Waals surface area contributed by atoms with Gasteiger partial charge in [0.15, 0.2) is 10.2 Å². The van der Waals surface area contributed by atoms with Crippen LogP contribution in [0.3, 0.4) is 0 Å². The Morgan fingerprint density at radius 1 is 1.26 bits per heavy atom. The molecule has 0 spiro atoms. The zero-order valence-electron chi connectivity index (χ0n) is 18.1. The van der Waals surface area contributed by atoms with Crippen LogP contribution in [0.15, 0.2) is 13.9 Å². The highest BCUT2D eigenvalue weighted by molar-refractivity contribution is 8.00. The number of thioether (sulfide) groups is 1. The summed E-state index contributed by atoms with van der Waals surface area (Å²) in [6, 6.07) is -0.450.